The lowest BCUT2D eigenvalue weighted by molar-refractivity contribution is -0.559. The summed E-state index contributed by atoms with van der Waals surface area (Å²) in [6, 6.07) is 11.5. The Kier molecular flexibility index (Phi) is 2.12. The van der Waals surface area contributed by atoms with Crippen LogP contribution in [-0.4, -0.2) is 5.78 Å². The molecule has 0 radical (unpaired) electrons. The van der Waals surface area contributed by atoms with Gasteiger partial charge in [0.15, 0.2) is 11.7 Å². The van der Waals surface area contributed by atoms with Gasteiger partial charge in [-0.05, 0) is 12.1 Å². The Labute approximate surface area is 102 Å². The maximum Gasteiger partial charge on any atom is 0.267 e. The molecule has 2 aromatic heterocycles. The van der Waals surface area contributed by atoms with E-state index in [0.29, 0.717) is 4.88 Å². The van der Waals surface area contributed by atoms with Crippen LogP contribution in [0.2, 0.25) is 0 Å². The fourth-order valence-electron chi connectivity index (χ4n) is 1.95. The summed E-state index contributed by atoms with van der Waals surface area (Å²) in [6.07, 6.45) is 0. The summed E-state index contributed by atoms with van der Waals surface area (Å²) in [6.45, 7) is 1.43. The first-order valence-electron chi connectivity index (χ1n) is 5.23. The van der Waals surface area contributed by atoms with Gasteiger partial charge < -0.3 is 5.11 Å². The molecule has 0 aliphatic heterocycles. The molecule has 4 heteroatoms. The van der Waals surface area contributed by atoms with Gasteiger partial charge in [-0.15, -0.1) is 0 Å². The monoisotopic (exact) mass is 243 g/mol. The molecule has 1 aromatic carbocycles. The van der Waals surface area contributed by atoms with Gasteiger partial charge in [0.2, 0.25) is 5.52 Å². The van der Waals surface area contributed by atoms with E-state index in [2.05, 4.69) is 0 Å². The largest absolute Gasteiger partial charge is 0.822 e. The van der Waals surface area contributed by atoms with Gasteiger partial charge in [0.1, 0.15) is 4.88 Å². The second-order valence-corrected chi connectivity index (χ2v) is 4.89. The van der Waals surface area contributed by atoms with E-state index in [1.54, 1.807) is 4.40 Å². The SMILES string of the molecule is CC(=O)c1sc2ccc3ccccc3[n+]2c1[O-]. The van der Waals surface area contributed by atoms with Gasteiger partial charge in [-0.1, -0.05) is 23.5 Å². The van der Waals surface area contributed by atoms with E-state index in [0.717, 1.165) is 15.7 Å². The molecule has 0 aliphatic rings. The third kappa shape index (κ3) is 1.41. The van der Waals surface area contributed by atoms with Crippen molar-refractivity contribution in [3.63, 3.8) is 0 Å². The van der Waals surface area contributed by atoms with Gasteiger partial charge in [0.05, 0.1) is 0 Å². The number of hydrogen-bond acceptors (Lipinski definition) is 3. The van der Waals surface area contributed by atoms with Gasteiger partial charge in [-0.2, -0.15) is 4.40 Å². The highest BCUT2D eigenvalue weighted by atomic mass is 32.1. The molecule has 0 fully saturated rings. The molecule has 0 unspecified atom stereocenters. The maximum absolute atomic E-state index is 12.1. The minimum atomic E-state index is -0.214. The van der Waals surface area contributed by atoms with E-state index < -0.39 is 0 Å². The van der Waals surface area contributed by atoms with Gasteiger partial charge in [0, 0.05) is 24.4 Å². The van der Waals surface area contributed by atoms with Crippen molar-refractivity contribution in [1.29, 1.82) is 0 Å². The number of nitrogens with zero attached hydrogens (tertiary/aromatic N) is 1. The van der Waals surface area contributed by atoms with Crippen LogP contribution in [-0.2, 0) is 0 Å². The van der Waals surface area contributed by atoms with Gasteiger partial charge in [-0.3, -0.25) is 4.79 Å². The quantitative estimate of drug-likeness (QED) is 0.484. The predicted molar refractivity (Wildman–Crippen MR) is 64.4 cm³/mol. The topological polar surface area (TPSA) is 44.2 Å². The maximum atomic E-state index is 12.1. The Morgan fingerprint density at radius 3 is 2.76 bits per heavy atom. The zero-order valence-electron chi connectivity index (χ0n) is 9.14. The highest BCUT2D eigenvalue weighted by molar-refractivity contribution is 7.19. The molecule has 0 amide bonds. The number of ketones is 1. The first kappa shape index (κ1) is 10.2. The number of thiazole rings is 1. The molecule has 84 valence electrons. The average molecular weight is 243 g/mol. The highest BCUT2D eigenvalue weighted by Crippen LogP contribution is 2.24. The molecule has 0 aliphatic carbocycles. The lowest BCUT2D eigenvalue weighted by Gasteiger charge is -1.99. The number of fused-ring (bicyclic) bond motifs is 3. The second kappa shape index (κ2) is 3.53. The number of aromatic nitrogens is 1. The van der Waals surface area contributed by atoms with Crippen LogP contribution in [0.5, 0.6) is 5.88 Å². The molecule has 0 saturated heterocycles. The normalized spacial score (nSPS) is 11.1. The average Bonchev–Trinajstić information content (AvgIpc) is 2.67. The molecule has 17 heavy (non-hydrogen) atoms. The molecule has 2 heterocycles. The minimum absolute atomic E-state index is 0.173. The van der Waals surface area contributed by atoms with Crippen molar-refractivity contribution in [3.05, 3.63) is 41.3 Å². The standard InChI is InChI=1S/C13H9NO2S/c1-8(15)12-13(16)14-10-5-3-2-4-9(10)6-7-11(14)17-12/h2-7H,1H3. The zero-order chi connectivity index (χ0) is 12.0. The summed E-state index contributed by atoms with van der Waals surface area (Å²) in [5.74, 6) is -0.387. The van der Waals surface area contributed by atoms with Crippen LogP contribution in [0.15, 0.2) is 36.4 Å². The molecule has 3 nitrogen and oxygen atoms in total. The number of rotatable bonds is 1. The van der Waals surface area contributed by atoms with Crippen LogP contribution in [0.25, 0.3) is 15.7 Å². The third-order valence-corrected chi connectivity index (χ3v) is 3.92. The number of benzene rings is 1. The lowest BCUT2D eigenvalue weighted by atomic mass is 10.2. The first-order valence-corrected chi connectivity index (χ1v) is 6.04. The third-order valence-electron chi connectivity index (χ3n) is 2.73. The van der Waals surface area contributed by atoms with Gasteiger partial charge in [-0.25, -0.2) is 0 Å². The zero-order valence-corrected chi connectivity index (χ0v) is 9.95. The lowest BCUT2D eigenvalue weighted by Crippen LogP contribution is -2.25. The molecule has 0 N–H and O–H groups in total. The number of para-hydroxylation sites is 1. The van der Waals surface area contributed by atoms with Crippen molar-refractivity contribution >= 4 is 32.9 Å². The molecular formula is C13H9NO2S. The fourth-order valence-corrected chi connectivity index (χ4v) is 2.89. The van der Waals surface area contributed by atoms with Crippen LogP contribution in [0.4, 0.5) is 0 Å². The smallest absolute Gasteiger partial charge is 0.267 e. The number of carbonyl (C=O) groups excluding carboxylic acids is 1. The molecule has 3 rings (SSSR count). The van der Waals surface area contributed by atoms with Crippen molar-refractivity contribution < 1.29 is 14.3 Å². The van der Waals surface area contributed by atoms with E-state index in [1.807, 2.05) is 36.4 Å². The van der Waals surface area contributed by atoms with Crippen LogP contribution < -0.4 is 9.51 Å². The summed E-state index contributed by atoms with van der Waals surface area (Å²) in [5.41, 5.74) is 0.846. The molecule has 0 atom stereocenters. The molecule has 0 saturated carbocycles. The van der Waals surface area contributed by atoms with Gasteiger partial charge in [0.25, 0.3) is 4.83 Å². The predicted octanol–water partition coefficient (Wildman–Crippen LogP) is 1.92. The fraction of sp³-hybridized carbons (Fsp3) is 0.0769. The summed E-state index contributed by atoms with van der Waals surface area (Å²) in [7, 11) is 0. The summed E-state index contributed by atoms with van der Waals surface area (Å²) >= 11 is 1.25. The number of hydrogen-bond donors (Lipinski definition) is 0. The van der Waals surface area contributed by atoms with Crippen molar-refractivity contribution in [1.82, 2.24) is 0 Å². The Hall–Kier alpha value is -1.94. The van der Waals surface area contributed by atoms with Crippen LogP contribution in [0, 0.1) is 0 Å². The first-order chi connectivity index (χ1) is 8.18. The molecule has 0 bridgehead atoms. The second-order valence-electron chi connectivity index (χ2n) is 3.86. The van der Waals surface area contributed by atoms with Crippen molar-refractivity contribution in [3.8, 4) is 5.88 Å². The summed E-state index contributed by atoms with van der Waals surface area (Å²) in [4.78, 5) is 12.5. The van der Waals surface area contributed by atoms with Crippen molar-refractivity contribution in [2.45, 2.75) is 6.92 Å². The Morgan fingerprint density at radius 2 is 2.00 bits per heavy atom. The number of pyridine rings is 1. The number of Topliss-reactive ketones (excluding diaryl/α,β-unsaturated/α-hetero) is 1. The van der Waals surface area contributed by atoms with E-state index in [4.69, 9.17) is 0 Å². The molecular weight excluding hydrogens is 234 g/mol. The van der Waals surface area contributed by atoms with Crippen molar-refractivity contribution in [2.75, 3.05) is 0 Å². The highest BCUT2D eigenvalue weighted by Gasteiger charge is 2.19. The van der Waals surface area contributed by atoms with E-state index in [9.17, 15) is 9.90 Å². The number of carbonyl (C=O) groups is 1. The van der Waals surface area contributed by atoms with Crippen molar-refractivity contribution in [2.24, 2.45) is 0 Å². The Balaban J connectivity index is 2.53. The summed E-state index contributed by atoms with van der Waals surface area (Å²) < 4.78 is 1.61. The molecule has 0 spiro atoms. The van der Waals surface area contributed by atoms with Crippen LogP contribution >= 0.6 is 11.3 Å². The molecule has 3 aromatic rings. The van der Waals surface area contributed by atoms with Gasteiger partial charge >= 0.3 is 0 Å². The Bertz CT molecular complexity index is 746. The van der Waals surface area contributed by atoms with E-state index in [1.165, 1.54) is 18.3 Å². The van der Waals surface area contributed by atoms with E-state index in [-0.39, 0.29) is 11.7 Å². The van der Waals surface area contributed by atoms with E-state index >= 15 is 0 Å². The summed E-state index contributed by atoms with van der Waals surface area (Å²) in [5, 5.41) is 13.1. The minimum Gasteiger partial charge on any atom is -0.822 e. The Morgan fingerprint density at radius 1 is 1.24 bits per heavy atom. The van der Waals surface area contributed by atoms with Crippen LogP contribution in [0.1, 0.15) is 16.6 Å². The van der Waals surface area contributed by atoms with Crippen LogP contribution in [0.3, 0.4) is 0 Å².